The van der Waals surface area contributed by atoms with E-state index < -0.39 is 0 Å². The van der Waals surface area contributed by atoms with Gasteiger partial charge in [-0.3, -0.25) is 4.79 Å². The van der Waals surface area contributed by atoms with Crippen molar-refractivity contribution in [2.75, 3.05) is 37.4 Å². The third-order valence-electron chi connectivity index (χ3n) is 3.68. The average Bonchev–Trinajstić information content (AvgIpc) is 2.89. The second-order valence-corrected chi connectivity index (χ2v) is 6.24. The molecule has 1 unspecified atom stereocenters. The molecule has 2 heterocycles. The number of carbonyl (C=O) groups excluding carboxylic acids is 1. The highest BCUT2D eigenvalue weighted by Gasteiger charge is 2.18. The second-order valence-electron chi connectivity index (χ2n) is 5.26. The number of thiazole rings is 1. The van der Waals surface area contributed by atoms with Crippen molar-refractivity contribution in [3.63, 3.8) is 0 Å². The molecule has 0 aromatic carbocycles. The van der Waals surface area contributed by atoms with Gasteiger partial charge >= 0.3 is 0 Å². The molecular formula is C14H24N4O2S. The number of rotatable bonds is 6. The quantitative estimate of drug-likeness (QED) is 0.838. The molecule has 1 fully saturated rings. The normalized spacial score (nSPS) is 18.5. The molecule has 1 saturated heterocycles. The lowest BCUT2D eigenvalue weighted by atomic mass is 10.1. The van der Waals surface area contributed by atoms with Gasteiger partial charge in [-0.25, -0.2) is 4.98 Å². The fourth-order valence-corrected chi connectivity index (χ4v) is 3.17. The highest BCUT2D eigenvalue weighted by atomic mass is 32.1. The smallest absolute Gasteiger partial charge is 0.265 e. The zero-order valence-corrected chi connectivity index (χ0v) is 13.5. The van der Waals surface area contributed by atoms with E-state index >= 15 is 0 Å². The number of nitrogens with zero attached hydrogens (tertiary/aromatic N) is 2. The second kappa shape index (κ2) is 7.61. The zero-order valence-electron chi connectivity index (χ0n) is 12.7. The van der Waals surface area contributed by atoms with Crippen LogP contribution in [0.1, 0.15) is 42.3 Å². The summed E-state index contributed by atoms with van der Waals surface area (Å²) in [6.07, 6.45) is 4.58. The third-order valence-corrected chi connectivity index (χ3v) is 4.86. The van der Waals surface area contributed by atoms with Gasteiger partial charge in [-0.05, 0) is 32.6 Å². The molecule has 1 aliphatic heterocycles. The van der Waals surface area contributed by atoms with E-state index in [0.29, 0.717) is 17.2 Å². The Morgan fingerprint density at radius 1 is 1.57 bits per heavy atom. The van der Waals surface area contributed by atoms with E-state index in [2.05, 4.69) is 10.3 Å². The first kappa shape index (κ1) is 16.0. The average molecular weight is 312 g/mol. The van der Waals surface area contributed by atoms with E-state index in [-0.39, 0.29) is 12.0 Å². The fraction of sp³-hybridized carbons (Fsp3) is 0.714. The minimum atomic E-state index is -0.142. The molecule has 1 atom stereocenters. The van der Waals surface area contributed by atoms with Gasteiger partial charge in [-0.1, -0.05) is 11.3 Å². The number of hydrogen-bond donors (Lipinski definition) is 2. The van der Waals surface area contributed by atoms with Crippen molar-refractivity contribution in [3.05, 3.63) is 4.88 Å². The highest BCUT2D eigenvalue weighted by Crippen LogP contribution is 2.27. The molecule has 1 aliphatic rings. The van der Waals surface area contributed by atoms with Gasteiger partial charge in [-0.15, -0.1) is 0 Å². The number of aromatic nitrogens is 1. The predicted octanol–water partition coefficient (Wildman–Crippen LogP) is 1.87. The molecule has 0 saturated carbocycles. The number of ether oxygens (including phenoxy) is 1. The minimum Gasteiger partial charge on any atom is -0.382 e. The number of anilines is 2. The fourth-order valence-electron chi connectivity index (χ4n) is 2.24. The summed E-state index contributed by atoms with van der Waals surface area (Å²) in [5.74, 6) is 0.165. The summed E-state index contributed by atoms with van der Waals surface area (Å²) in [4.78, 5) is 18.8. The molecule has 0 radical (unpaired) electrons. The SMILES string of the molecule is CCN(C)c1nc(N)c(C(=O)NCCC2CCCCO2)s1. The van der Waals surface area contributed by atoms with Crippen LogP contribution in [0.5, 0.6) is 0 Å². The number of nitrogens with two attached hydrogens (primary N) is 1. The van der Waals surface area contributed by atoms with Crippen molar-refractivity contribution >= 4 is 28.2 Å². The van der Waals surface area contributed by atoms with Crippen LogP contribution in [-0.2, 0) is 4.74 Å². The van der Waals surface area contributed by atoms with Gasteiger partial charge in [0.05, 0.1) is 6.10 Å². The Bertz CT molecular complexity index is 472. The molecule has 0 spiro atoms. The standard InChI is InChI=1S/C14H24N4O2S/c1-3-18(2)14-17-12(15)11(21-14)13(19)16-8-7-10-6-4-5-9-20-10/h10H,3-9,15H2,1-2H3,(H,16,19). The Morgan fingerprint density at radius 2 is 2.38 bits per heavy atom. The summed E-state index contributed by atoms with van der Waals surface area (Å²) < 4.78 is 5.65. The number of hydrogen-bond acceptors (Lipinski definition) is 6. The van der Waals surface area contributed by atoms with Crippen molar-refractivity contribution in [2.45, 2.75) is 38.7 Å². The van der Waals surface area contributed by atoms with Crippen LogP contribution >= 0.6 is 11.3 Å². The van der Waals surface area contributed by atoms with Crippen LogP contribution < -0.4 is 16.0 Å². The van der Waals surface area contributed by atoms with Gasteiger partial charge in [0.15, 0.2) is 5.13 Å². The summed E-state index contributed by atoms with van der Waals surface area (Å²) in [5, 5.41) is 3.68. The van der Waals surface area contributed by atoms with Crippen LogP contribution in [0.4, 0.5) is 10.9 Å². The van der Waals surface area contributed by atoms with E-state index in [1.807, 2.05) is 18.9 Å². The van der Waals surface area contributed by atoms with E-state index in [4.69, 9.17) is 10.5 Å². The molecule has 7 heteroatoms. The van der Waals surface area contributed by atoms with Gasteiger partial charge in [0.2, 0.25) is 0 Å². The van der Waals surface area contributed by atoms with Gasteiger partial charge in [0, 0.05) is 26.7 Å². The van der Waals surface area contributed by atoms with E-state index in [1.165, 1.54) is 17.8 Å². The Kier molecular flexibility index (Phi) is 5.81. The zero-order chi connectivity index (χ0) is 15.2. The van der Waals surface area contributed by atoms with Crippen LogP contribution in [0.3, 0.4) is 0 Å². The van der Waals surface area contributed by atoms with Crippen molar-refractivity contribution in [1.82, 2.24) is 10.3 Å². The molecule has 0 bridgehead atoms. The topological polar surface area (TPSA) is 80.5 Å². The number of amides is 1. The summed E-state index contributed by atoms with van der Waals surface area (Å²) in [6, 6.07) is 0. The number of nitrogens with one attached hydrogen (secondary N) is 1. The molecule has 2 rings (SSSR count). The third kappa shape index (κ3) is 4.31. The Morgan fingerprint density at radius 3 is 3.05 bits per heavy atom. The van der Waals surface area contributed by atoms with Crippen LogP contribution in [-0.4, -0.2) is 43.7 Å². The summed E-state index contributed by atoms with van der Waals surface area (Å²) in [7, 11) is 1.93. The van der Waals surface area contributed by atoms with Gasteiger partial charge in [0.25, 0.3) is 5.91 Å². The first-order chi connectivity index (χ1) is 10.1. The largest absolute Gasteiger partial charge is 0.382 e. The molecule has 1 aromatic rings. The highest BCUT2D eigenvalue weighted by molar-refractivity contribution is 7.18. The van der Waals surface area contributed by atoms with E-state index in [0.717, 1.165) is 37.5 Å². The number of carbonyl (C=O) groups is 1. The molecule has 3 N–H and O–H groups in total. The van der Waals surface area contributed by atoms with Crippen LogP contribution in [0, 0.1) is 0 Å². The lowest BCUT2D eigenvalue weighted by Crippen LogP contribution is -2.29. The van der Waals surface area contributed by atoms with Crippen molar-refractivity contribution < 1.29 is 9.53 Å². The van der Waals surface area contributed by atoms with Crippen LogP contribution in [0.15, 0.2) is 0 Å². The maximum absolute atomic E-state index is 12.2. The first-order valence-corrected chi connectivity index (χ1v) is 8.30. The first-order valence-electron chi connectivity index (χ1n) is 7.49. The van der Waals surface area contributed by atoms with E-state index in [1.54, 1.807) is 0 Å². The van der Waals surface area contributed by atoms with Gasteiger partial charge in [-0.2, -0.15) is 0 Å². The monoisotopic (exact) mass is 312 g/mol. The maximum Gasteiger partial charge on any atom is 0.265 e. The molecule has 6 nitrogen and oxygen atoms in total. The maximum atomic E-state index is 12.2. The van der Waals surface area contributed by atoms with Crippen LogP contribution in [0.2, 0.25) is 0 Å². The van der Waals surface area contributed by atoms with Crippen LogP contribution in [0.25, 0.3) is 0 Å². The van der Waals surface area contributed by atoms with Crippen molar-refractivity contribution in [1.29, 1.82) is 0 Å². The number of nitrogen functional groups attached to an aromatic ring is 1. The summed E-state index contributed by atoms with van der Waals surface area (Å²) in [5.41, 5.74) is 5.84. The van der Waals surface area contributed by atoms with Crippen molar-refractivity contribution in [2.24, 2.45) is 0 Å². The predicted molar refractivity (Wildman–Crippen MR) is 86.0 cm³/mol. The van der Waals surface area contributed by atoms with Crippen molar-refractivity contribution in [3.8, 4) is 0 Å². The molecule has 118 valence electrons. The molecule has 0 aliphatic carbocycles. The summed E-state index contributed by atoms with van der Waals surface area (Å²) >= 11 is 1.33. The van der Waals surface area contributed by atoms with E-state index in [9.17, 15) is 4.79 Å². The lowest BCUT2D eigenvalue weighted by molar-refractivity contribution is 0.0117. The Labute approximate surface area is 129 Å². The Hall–Kier alpha value is -1.34. The summed E-state index contributed by atoms with van der Waals surface area (Å²) in [6.45, 7) is 4.31. The van der Waals surface area contributed by atoms with Gasteiger partial charge < -0.3 is 20.7 Å². The van der Waals surface area contributed by atoms with Gasteiger partial charge in [0.1, 0.15) is 10.7 Å². The minimum absolute atomic E-state index is 0.142. The Balaban J connectivity index is 1.83. The lowest BCUT2D eigenvalue weighted by Gasteiger charge is -2.22. The molecule has 1 aromatic heterocycles. The molecule has 1 amide bonds. The molecule has 21 heavy (non-hydrogen) atoms. The molecular weight excluding hydrogens is 288 g/mol.